The summed E-state index contributed by atoms with van der Waals surface area (Å²) in [5.74, 6) is 0.172. The summed E-state index contributed by atoms with van der Waals surface area (Å²) in [6.45, 7) is 8.27. The van der Waals surface area contributed by atoms with Crippen LogP contribution in [0.3, 0.4) is 0 Å². The molecule has 1 N–H and O–H groups in total. The summed E-state index contributed by atoms with van der Waals surface area (Å²) in [5, 5.41) is 9.69. The number of amides is 2. The third kappa shape index (κ3) is 6.78. The first-order valence-corrected chi connectivity index (χ1v) is 13.2. The second-order valence-corrected chi connectivity index (χ2v) is 11.3. The first kappa shape index (κ1) is 26.5. The first-order valence-electron chi connectivity index (χ1n) is 13.2. The van der Waals surface area contributed by atoms with Crippen molar-refractivity contribution in [1.29, 1.82) is 0 Å². The van der Waals surface area contributed by atoms with Gasteiger partial charge in [0.25, 0.3) is 0 Å². The van der Waals surface area contributed by atoms with E-state index in [0.717, 1.165) is 36.8 Å². The van der Waals surface area contributed by atoms with Crippen LogP contribution in [0, 0.1) is 17.7 Å². The minimum absolute atomic E-state index is 0.0618. The number of hydrogen-bond acceptors (Lipinski definition) is 5. The van der Waals surface area contributed by atoms with Crippen LogP contribution in [0.15, 0.2) is 24.3 Å². The summed E-state index contributed by atoms with van der Waals surface area (Å²) in [6.07, 6.45) is 5.70. The largest absolute Gasteiger partial charge is 0.490 e. The predicted molar refractivity (Wildman–Crippen MR) is 135 cm³/mol. The van der Waals surface area contributed by atoms with Crippen LogP contribution >= 0.6 is 0 Å². The summed E-state index contributed by atoms with van der Waals surface area (Å²) < 4.78 is 26.1. The number of rotatable bonds is 5. The van der Waals surface area contributed by atoms with Crippen LogP contribution in [0.5, 0.6) is 5.75 Å². The summed E-state index contributed by atoms with van der Waals surface area (Å²) in [5.41, 5.74) is 1.37. The quantitative estimate of drug-likeness (QED) is 0.635. The van der Waals surface area contributed by atoms with Crippen LogP contribution < -0.4 is 4.74 Å². The lowest BCUT2D eigenvalue weighted by atomic mass is 9.86. The van der Waals surface area contributed by atoms with E-state index < -0.39 is 11.7 Å². The zero-order valence-corrected chi connectivity index (χ0v) is 21.7. The lowest BCUT2D eigenvalue weighted by molar-refractivity contribution is -0.135. The van der Waals surface area contributed by atoms with Crippen molar-refractivity contribution in [3.8, 4) is 5.75 Å². The number of carbonyl (C=O) groups excluding carboxylic acids is 2. The maximum atomic E-state index is 14.8. The average molecular weight is 503 g/mol. The molecule has 3 aliphatic rings. The second-order valence-electron chi connectivity index (χ2n) is 11.3. The Morgan fingerprint density at radius 3 is 2.39 bits per heavy atom. The molecule has 1 aliphatic carbocycles. The van der Waals surface area contributed by atoms with E-state index >= 15 is 0 Å². The van der Waals surface area contributed by atoms with Crippen molar-refractivity contribution in [1.82, 2.24) is 9.80 Å². The van der Waals surface area contributed by atoms with Crippen LogP contribution in [0.4, 0.5) is 9.18 Å². The van der Waals surface area contributed by atoms with Gasteiger partial charge in [0.15, 0.2) is 11.6 Å². The first-order chi connectivity index (χ1) is 17.1. The molecule has 1 unspecified atom stereocenters. The van der Waals surface area contributed by atoms with Crippen molar-refractivity contribution in [3.05, 3.63) is 35.7 Å². The van der Waals surface area contributed by atoms with Crippen LogP contribution in [-0.4, -0.2) is 71.4 Å². The van der Waals surface area contributed by atoms with Crippen LogP contribution in [0.2, 0.25) is 0 Å². The molecule has 0 radical (unpaired) electrons. The number of hydrogen-bond donors (Lipinski definition) is 1. The molecule has 1 aromatic carbocycles. The van der Waals surface area contributed by atoms with Crippen molar-refractivity contribution in [2.24, 2.45) is 11.8 Å². The highest BCUT2D eigenvalue weighted by molar-refractivity contribution is 5.81. The molecule has 2 atom stereocenters. The summed E-state index contributed by atoms with van der Waals surface area (Å²) in [7, 11) is 0. The molecule has 2 heterocycles. The van der Waals surface area contributed by atoms with Crippen molar-refractivity contribution in [2.75, 3.05) is 32.8 Å². The standard InChI is InChI=1S/C28H39FN2O5/c1-28(2,3)36-27(34)30-13-10-19(11-14-30)18-35-25-9-8-22(16-24(25)29)20-4-6-21(7-5-20)26(33)31-15-12-23(32)17-31/h4,8-9,16,19,21,23,32H,5-7,10-15,17-18H2,1-3H3/t21?,23-/m1/s1. The average Bonchev–Trinajstić information content (AvgIpc) is 3.28. The van der Waals surface area contributed by atoms with E-state index in [1.165, 1.54) is 6.07 Å². The highest BCUT2D eigenvalue weighted by atomic mass is 19.1. The Morgan fingerprint density at radius 2 is 1.81 bits per heavy atom. The van der Waals surface area contributed by atoms with E-state index in [4.69, 9.17) is 9.47 Å². The molecular weight excluding hydrogens is 463 g/mol. The van der Waals surface area contributed by atoms with E-state index in [1.807, 2.05) is 32.9 Å². The van der Waals surface area contributed by atoms with Gasteiger partial charge in [-0.25, -0.2) is 9.18 Å². The van der Waals surface area contributed by atoms with Gasteiger partial charge in [0, 0.05) is 32.1 Å². The number of likely N-dealkylation sites (tertiary alicyclic amines) is 2. The van der Waals surface area contributed by atoms with Gasteiger partial charge in [-0.2, -0.15) is 0 Å². The van der Waals surface area contributed by atoms with Crippen molar-refractivity contribution in [2.45, 2.75) is 71.0 Å². The van der Waals surface area contributed by atoms with Crippen LogP contribution in [0.25, 0.3) is 5.57 Å². The highest BCUT2D eigenvalue weighted by Crippen LogP contribution is 2.33. The van der Waals surface area contributed by atoms with Crippen molar-refractivity contribution < 1.29 is 28.6 Å². The SMILES string of the molecule is CC(C)(C)OC(=O)N1CCC(COc2ccc(C3=CCC(C(=O)N4CC[C@@H](O)C4)CC3)cc2F)CC1. The van der Waals surface area contributed by atoms with E-state index in [2.05, 4.69) is 0 Å². The Hall–Kier alpha value is -2.61. The van der Waals surface area contributed by atoms with Crippen molar-refractivity contribution in [3.63, 3.8) is 0 Å². The minimum Gasteiger partial charge on any atom is -0.490 e. The molecule has 2 aliphatic heterocycles. The van der Waals surface area contributed by atoms with Gasteiger partial charge in [-0.15, -0.1) is 0 Å². The van der Waals surface area contributed by atoms with Crippen LogP contribution in [0.1, 0.15) is 64.9 Å². The van der Waals surface area contributed by atoms with Gasteiger partial charge >= 0.3 is 6.09 Å². The summed E-state index contributed by atoms with van der Waals surface area (Å²) in [4.78, 5) is 28.4. The Morgan fingerprint density at radius 1 is 1.08 bits per heavy atom. The number of β-amino-alcohol motifs (C(OH)–C–C–N with tert-alkyl or cyclic N) is 1. The smallest absolute Gasteiger partial charge is 0.410 e. The number of aliphatic hydroxyl groups excluding tert-OH is 1. The normalized spacial score (nSPS) is 23.4. The summed E-state index contributed by atoms with van der Waals surface area (Å²) in [6, 6.07) is 5.09. The molecule has 0 aromatic heterocycles. The molecule has 1 aromatic rings. The number of ether oxygens (including phenoxy) is 2. The van der Waals surface area contributed by atoms with Gasteiger partial charge in [0.1, 0.15) is 5.60 Å². The van der Waals surface area contributed by atoms with Gasteiger partial charge in [-0.1, -0.05) is 12.1 Å². The molecule has 2 amide bonds. The molecule has 0 bridgehead atoms. The van der Waals surface area contributed by atoms with Crippen LogP contribution in [-0.2, 0) is 9.53 Å². The lowest BCUT2D eigenvalue weighted by Gasteiger charge is -2.33. The van der Waals surface area contributed by atoms with Gasteiger partial charge in [0.05, 0.1) is 12.7 Å². The zero-order chi connectivity index (χ0) is 25.9. The fourth-order valence-corrected chi connectivity index (χ4v) is 5.15. The maximum Gasteiger partial charge on any atom is 0.410 e. The third-order valence-corrected chi connectivity index (χ3v) is 7.28. The monoisotopic (exact) mass is 502 g/mol. The van der Waals surface area contributed by atoms with Gasteiger partial charge < -0.3 is 24.4 Å². The van der Waals surface area contributed by atoms with Gasteiger partial charge in [-0.3, -0.25) is 4.79 Å². The third-order valence-electron chi connectivity index (χ3n) is 7.28. The number of benzene rings is 1. The molecule has 198 valence electrons. The van der Waals surface area contributed by atoms with E-state index in [9.17, 15) is 19.1 Å². The van der Waals surface area contributed by atoms with E-state index in [1.54, 1.807) is 15.9 Å². The zero-order valence-electron chi connectivity index (χ0n) is 21.7. The Labute approximate surface area is 213 Å². The molecular formula is C28H39FN2O5. The Bertz CT molecular complexity index is 981. The Kier molecular flexibility index (Phi) is 8.23. The highest BCUT2D eigenvalue weighted by Gasteiger charge is 2.31. The number of allylic oxidation sites excluding steroid dienone is 2. The fraction of sp³-hybridized carbons (Fsp3) is 0.643. The number of carbonyl (C=O) groups is 2. The number of halogens is 1. The van der Waals surface area contributed by atoms with Crippen molar-refractivity contribution >= 4 is 17.6 Å². The summed E-state index contributed by atoms with van der Waals surface area (Å²) >= 11 is 0. The lowest BCUT2D eigenvalue weighted by Crippen LogP contribution is -2.42. The maximum absolute atomic E-state index is 14.8. The van der Waals surface area contributed by atoms with E-state index in [-0.39, 0.29) is 35.4 Å². The second kappa shape index (κ2) is 11.2. The molecule has 7 nitrogen and oxygen atoms in total. The molecule has 0 saturated carbocycles. The topological polar surface area (TPSA) is 79.3 Å². The fourth-order valence-electron chi connectivity index (χ4n) is 5.15. The number of nitrogens with zero attached hydrogens (tertiary/aromatic N) is 2. The molecule has 4 rings (SSSR count). The molecule has 0 spiro atoms. The minimum atomic E-state index is -0.508. The number of aliphatic hydroxyl groups is 1. The van der Waals surface area contributed by atoms with Gasteiger partial charge in [0.2, 0.25) is 5.91 Å². The molecule has 36 heavy (non-hydrogen) atoms. The predicted octanol–water partition coefficient (Wildman–Crippen LogP) is 4.63. The molecule has 2 saturated heterocycles. The Balaban J connectivity index is 1.25. The molecule has 2 fully saturated rings. The van der Waals surface area contributed by atoms with E-state index in [0.29, 0.717) is 45.6 Å². The molecule has 8 heteroatoms. The van der Waals surface area contributed by atoms with Gasteiger partial charge in [-0.05, 0) is 88.5 Å². The number of piperidine rings is 1.